The highest BCUT2D eigenvalue weighted by Gasteiger charge is 2.30. The first-order chi connectivity index (χ1) is 9.28. The maximum atomic E-state index is 3.61. The lowest BCUT2D eigenvalue weighted by Crippen LogP contribution is -2.25. The lowest BCUT2D eigenvalue weighted by Gasteiger charge is -2.26. The van der Waals surface area contributed by atoms with Gasteiger partial charge in [-0.25, -0.2) is 0 Å². The van der Waals surface area contributed by atoms with Crippen LogP contribution in [0, 0.1) is 0 Å². The first-order valence-electron chi connectivity index (χ1n) is 6.41. The molecule has 1 aliphatic rings. The Balaban J connectivity index is 1.91. The van der Waals surface area contributed by atoms with Crippen LogP contribution >= 0.6 is 43.2 Å². The van der Waals surface area contributed by atoms with E-state index in [1.165, 1.54) is 29.0 Å². The predicted octanol–water partition coefficient (Wildman–Crippen LogP) is 5.57. The van der Waals surface area contributed by atoms with Crippen molar-refractivity contribution in [2.75, 3.05) is 4.90 Å². The number of hydrogen-bond donors (Lipinski definition) is 0. The number of rotatable bonds is 5. The fourth-order valence-electron chi connectivity index (χ4n) is 2.31. The van der Waals surface area contributed by atoms with Gasteiger partial charge in [-0.1, -0.05) is 37.9 Å². The predicted molar refractivity (Wildman–Crippen MR) is 90.3 cm³/mol. The fourth-order valence-corrected chi connectivity index (χ4v) is 3.87. The van der Waals surface area contributed by atoms with E-state index in [1.54, 1.807) is 0 Å². The Labute approximate surface area is 134 Å². The zero-order valence-electron chi connectivity index (χ0n) is 10.5. The highest BCUT2D eigenvalue weighted by molar-refractivity contribution is 9.10. The molecule has 1 fully saturated rings. The fraction of sp³-hybridized carbons (Fsp3) is 0.333. The quantitative estimate of drug-likeness (QED) is 0.592. The number of benzene rings is 1. The Hall–Kier alpha value is -0.320. The molecule has 0 unspecified atom stereocenters. The molecular formula is C15H15Br2NS. The minimum Gasteiger partial charge on any atom is -0.363 e. The van der Waals surface area contributed by atoms with Crippen molar-refractivity contribution in [1.29, 1.82) is 0 Å². The van der Waals surface area contributed by atoms with Gasteiger partial charge in [0.05, 0.1) is 6.54 Å². The van der Waals surface area contributed by atoms with Gasteiger partial charge >= 0.3 is 0 Å². The monoisotopic (exact) mass is 399 g/mol. The molecule has 0 atom stereocenters. The standard InChI is InChI=1S/C15H15Br2NS/c16-9-11-8-12(17)3-6-15(11)18(13-4-5-13)10-14-2-1-7-19-14/h1-3,6-8,13H,4-5,9-10H2. The Kier molecular flexibility index (Phi) is 4.30. The third-order valence-electron chi connectivity index (χ3n) is 3.39. The lowest BCUT2D eigenvalue weighted by atomic mass is 10.1. The second kappa shape index (κ2) is 5.98. The van der Waals surface area contributed by atoms with Gasteiger partial charge in [0.2, 0.25) is 0 Å². The van der Waals surface area contributed by atoms with Crippen molar-refractivity contribution < 1.29 is 0 Å². The van der Waals surface area contributed by atoms with E-state index >= 15 is 0 Å². The van der Waals surface area contributed by atoms with Crippen LogP contribution in [0.15, 0.2) is 40.2 Å². The topological polar surface area (TPSA) is 3.24 Å². The summed E-state index contributed by atoms with van der Waals surface area (Å²) < 4.78 is 1.15. The molecule has 0 saturated heterocycles. The van der Waals surface area contributed by atoms with Gasteiger partial charge in [-0.05, 0) is 48.1 Å². The number of thiophene rings is 1. The zero-order chi connectivity index (χ0) is 13.2. The summed E-state index contributed by atoms with van der Waals surface area (Å²) in [7, 11) is 0. The molecule has 1 nitrogen and oxygen atoms in total. The van der Waals surface area contributed by atoms with Crippen molar-refractivity contribution in [2.24, 2.45) is 0 Å². The van der Waals surface area contributed by atoms with E-state index in [9.17, 15) is 0 Å². The molecule has 4 heteroatoms. The summed E-state index contributed by atoms with van der Waals surface area (Å²) in [6, 6.07) is 11.7. The molecule has 19 heavy (non-hydrogen) atoms. The number of halogens is 2. The minimum atomic E-state index is 0.723. The average Bonchev–Trinajstić information content (AvgIpc) is 3.13. The van der Waals surface area contributed by atoms with Crippen LogP contribution in [-0.2, 0) is 11.9 Å². The van der Waals surface area contributed by atoms with E-state index in [-0.39, 0.29) is 0 Å². The molecule has 1 saturated carbocycles. The normalized spacial score (nSPS) is 14.6. The minimum absolute atomic E-state index is 0.723. The van der Waals surface area contributed by atoms with Crippen LogP contribution in [0.1, 0.15) is 23.3 Å². The van der Waals surface area contributed by atoms with Crippen LogP contribution in [-0.4, -0.2) is 6.04 Å². The van der Waals surface area contributed by atoms with E-state index in [1.807, 2.05) is 11.3 Å². The summed E-state index contributed by atoms with van der Waals surface area (Å²) in [5.41, 5.74) is 2.73. The van der Waals surface area contributed by atoms with E-state index < -0.39 is 0 Å². The maximum Gasteiger partial charge on any atom is 0.0526 e. The number of anilines is 1. The largest absolute Gasteiger partial charge is 0.363 e. The summed E-state index contributed by atoms with van der Waals surface area (Å²) in [4.78, 5) is 4.00. The molecule has 1 aromatic carbocycles. The van der Waals surface area contributed by atoms with Crippen molar-refractivity contribution in [3.63, 3.8) is 0 Å². The molecule has 0 aliphatic heterocycles. The smallest absolute Gasteiger partial charge is 0.0526 e. The number of nitrogens with zero attached hydrogens (tertiary/aromatic N) is 1. The second-order valence-corrected chi connectivity index (χ2v) is 7.35. The summed E-state index contributed by atoms with van der Waals surface area (Å²) in [6.07, 6.45) is 2.65. The van der Waals surface area contributed by atoms with Crippen molar-refractivity contribution in [2.45, 2.75) is 30.8 Å². The number of alkyl halides is 1. The Morgan fingerprint density at radius 3 is 2.74 bits per heavy atom. The van der Waals surface area contributed by atoms with Crippen molar-refractivity contribution >= 4 is 48.9 Å². The van der Waals surface area contributed by atoms with Crippen LogP contribution in [0.4, 0.5) is 5.69 Å². The molecule has 1 aromatic heterocycles. The summed E-state index contributed by atoms with van der Waals surface area (Å²) in [5, 5.41) is 3.06. The Morgan fingerprint density at radius 1 is 1.26 bits per heavy atom. The van der Waals surface area contributed by atoms with Gasteiger partial charge in [-0.2, -0.15) is 0 Å². The molecule has 100 valence electrons. The van der Waals surface area contributed by atoms with Gasteiger partial charge in [0.25, 0.3) is 0 Å². The first kappa shape index (κ1) is 13.7. The molecule has 0 bridgehead atoms. The van der Waals surface area contributed by atoms with Crippen LogP contribution in [0.3, 0.4) is 0 Å². The van der Waals surface area contributed by atoms with Crippen molar-refractivity contribution in [1.82, 2.24) is 0 Å². The van der Waals surface area contributed by atoms with Crippen molar-refractivity contribution in [3.8, 4) is 0 Å². The highest BCUT2D eigenvalue weighted by Crippen LogP contribution is 2.37. The highest BCUT2D eigenvalue weighted by atomic mass is 79.9. The van der Waals surface area contributed by atoms with Crippen molar-refractivity contribution in [3.05, 3.63) is 50.6 Å². The van der Waals surface area contributed by atoms with E-state index in [4.69, 9.17) is 0 Å². The van der Waals surface area contributed by atoms with Gasteiger partial charge in [0.1, 0.15) is 0 Å². The van der Waals surface area contributed by atoms with Gasteiger partial charge in [0, 0.05) is 26.4 Å². The Bertz CT molecular complexity index is 549. The van der Waals surface area contributed by atoms with Crippen LogP contribution in [0.5, 0.6) is 0 Å². The third-order valence-corrected chi connectivity index (χ3v) is 5.35. The molecule has 2 aromatic rings. The molecule has 0 amide bonds. The zero-order valence-corrected chi connectivity index (χ0v) is 14.5. The second-order valence-electron chi connectivity index (χ2n) is 4.85. The third kappa shape index (κ3) is 3.23. The average molecular weight is 401 g/mol. The molecule has 3 rings (SSSR count). The van der Waals surface area contributed by atoms with E-state index in [2.05, 4.69) is 72.5 Å². The van der Waals surface area contributed by atoms with Gasteiger partial charge in [-0.3, -0.25) is 0 Å². The molecular weight excluding hydrogens is 386 g/mol. The van der Waals surface area contributed by atoms with Gasteiger partial charge in [-0.15, -0.1) is 11.3 Å². The SMILES string of the molecule is BrCc1cc(Br)ccc1N(Cc1cccs1)C1CC1. The van der Waals surface area contributed by atoms with Crippen LogP contribution in [0.2, 0.25) is 0 Å². The molecule has 1 aliphatic carbocycles. The molecule has 0 N–H and O–H groups in total. The van der Waals surface area contributed by atoms with E-state index in [0.29, 0.717) is 0 Å². The first-order valence-corrected chi connectivity index (χ1v) is 9.21. The summed E-state index contributed by atoms with van der Waals surface area (Å²) >= 11 is 9.02. The van der Waals surface area contributed by atoms with E-state index in [0.717, 1.165) is 22.4 Å². The molecule has 0 radical (unpaired) electrons. The van der Waals surface area contributed by atoms with Gasteiger partial charge < -0.3 is 4.90 Å². The molecule has 0 spiro atoms. The summed E-state index contributed by atoms with van der Waals surface area (Å²) in [5.74, 6) is 0. The molecule has 1 heterocycles. The maximum absolute atomic E-state index is 3.61. The van der Waals surface area contributed by atoms with Crippen LogP contribution in [0.25, 0.3) is 0 Å². The van der Waals surface area contributed by atoms with Crippen LogP contribution < -0.4 is 4.90 Å². The Morgan fingerprint density at radius 2 is 2.11 bits per heavy atom. The lowest BCUT2D eigenvalue weighted by molar-refractivity contribution is 0.799. The van der Waals surface area contributed by atoms with Gasteiger partial charge in [0.15, 0.2) is 0 Å². The summed E-state index contributed by atoms with van der Waals surface area (Å²) in [6.45, 7) is 1.03. The number of hydrogen-bond acceptors (Lipinski definition) is 2.